The van der Waals surface area contributed by atoms with Crippen LogP contribution in [-0.2, 0) is 13.8 Å². The standard InChI is InChI=1S/C11H15N2O8P/c12-10(16)6-2-1-3-13(4-6)11-9(15)8(14)7(21-11)5-20-22(17,18)19/h1-4,7-9,11,14-15H,5H2,(H3-,12,16,17,18,19)/t7?,8-,9?,11?/m0/s1. The first-order valence-electron chi connectivity index (χ1n) is 6.19. The van der Waals surface area contributed by atoms with Crippen LogP contribution in [0.4, 0.5) is 0 Å². The minimum atomic E-state index is -4.97. The van der Waals surface area contributed by atoms with Gasteiger partial charge in [0.25, 0.3) is 20.0 Å². The van der Waals surface area contributed by atoms with Gasteiger partial charge in [0.2, 0.25) is 0 Å². The fraction of sp³-hybridized carbons (Fsp3) is 0.455. The van der Waals surface area contributed by atoms with Crippen molar-refractivity contribution in [2.24, 2.45) is 5.73 Å². The summed E-state index contributed by atoms with van der Waals surface area (Å²) in [4.78, 5) is 30.2. The lowest BCUT2D eigenvalue weighted by Crippen LogP contribution is -2.46. The molecule has 11 heteroatoms. The van der Waals surface area contributed by atoms with Crippen LogP contribution in [0.3, 0.4) is 0 Å². The Hall–Kier alpha value is -1.39. The summed E-state index contributed by atoms with van der Waals surface area (Å²) in [7, 11) is -4.97. The van der Waals surface area contributed by atoms with Crippen LogP contribution in [0, 0.1) is 0 Å². The molecule has 1 aliphatic rings. The van der Waals surface area contributed by atoms with Gasteiger partial charge in [0, 0.05) is 6.07 Å². The van der Waals surface area contributed by atoms with Gasteiger partial charge in [-0.15, -0.1) is 0 Å². The fourth-order valence-corrected chi connectivity index (χ4v) is 2.41. The van der Waals surface area contributed by atoms with Crippen molar-refractivity contribution in [3.05, 3.63) is 30.1 Å². The minimum Gasteiger partial charge on any atom is -0.756 e. The van der Waals surface area contributed by atoms with Gasteiger partial charge >= 0.3 is 0 Å². The largest absolute Gasteiger partial charge is 0.756 e. The molecule has 1 saturated heterocycles. The van der Waals surface area contributed by atoms with Crippen molar-refractivity contribution in [3.8, 4) is 0 Å². The number of carbonyl (C=O) groups is 1. The smallest absolute Gasteiger partial charge is 0.292 e. The topological polar surface area (TPSA) is 166 Å². The van der Waals surface area contributed by atoms with Crippen LogP contribution in [0.2, 0.25) is 0 Å². The molecule has 1 amide bonds. The molecule has 1 aliphatic heterocycles. The lowest BCUT2D eigenvalue weighted by molar-refractivity contribution is -0.765. The van der Waals surface area contributed by atoms with E-state index in [-0.39, 0.29) is 5.56 Å². The number of carbonyl (C=O) groups excluding carboxylic acids is 1. The predicted molar refractivity (Wildman–Crippen MR) is 66.9 cm³/mol. The zero-order chi connectivity index (χ0) is 16.5. The number of aromatic nitrogens is 1. The molecule has 0 saturated carbocycles. The fourth-order valence-electron chi connectivity index (χ4n) is 2.08. The number of nitrogens with zero attached hydrogens (tertiary/aromatic N) is 1. The summed E-state index contributed by atoms with van der Waals surface area (Å²) in [6.07, 6.45) is -2.31. The second-order valence-corrected chi connectivity index (χ2v) is 5.91. The third-order valence-corrected chi connectivity index (χ3v) is 3.62. The van der Waals surface area contributed by atoms with E-state index in [1.54, 1.807) is 0 Å². The maximum Gasteiger partial charge on any atom is 0.292 e. The molecule has 0 aliphatic carbocycles. The molecule has 0 aromatic carbocycles. The van der Waals surface area contributed by atoms with E-state index in [1.807, 2.05) is 0 Å². The lowest BCUT2D eigenvalue weighted by atomic mass is 10.1. The Morgan fingerprint density at radius 1 is 1.50 bits per heavy atom. The zero-order valence-corrected chi connectivity index (χ0v) is 12.1. The van der Waals surface area contributed by atoms with Crippen molar-refractivity contribution in [1.29, 1.82) is 0 Å². The first kappa shape index (κ1) is 17.0. The molecular formula is C11H15N2O8P. The molecule has 0 radical (unpaired) electrons. The van der Waals surface area contributed by atoms with E-state index in [2.05, 4.69) is 4.52 Å². The molecule has 2 heterocycles. The van der Waals surface area contributed by atoms with Crippen LogP contribution < -0.4 is 15.2 Å². The summed E-state index contributed by atoms with van der Waals surface area (Å²) in [6, 6.07) is 2.95. The van der Waals surface area contributed by atoms with Crippen LogP contribution in [0.1, 0.15) is 16.6 Å². The normalized spacial score (nSPS) is 30.9. The second kappa shape index (κ2) is 6.39. The number of phosphoric ester groups is 1. The van der Waals surface area contributed by atoms with Gasteiger partial charge in [-0.1, -0.05) is 0 Å². The molecule has 1 aromatic rings. The summed E-state index contributed by atoms with van der Waals surface area (Å²) in [5, 5.41) is 19.8. The Bertz CT molecular complexity index is 606. The number of hydrogen-bond acceptors (Lipinski definition) is 7. The molecule has 122 valence electrons. The summed E-state index contributed by atoms with van der Waals surface area (Å²) in [5.74, 6) is -0.685. The molecule has 10 nitrogen and oxygen atoms in total. The summed E-state index contributed by atoms with van der Waals surface area (Å²) in [5.41, 5.74) is 5.31. The Kier molecular flexibility index (Phi) is 4.93. The van der Waals surface area contributed by atoms with E-state index in [9.17, 15) is 24.5 Å². The van der Waals surface area contributed by atoms with Crippen LogP contribution in [0.25, 0.3) is 0 Å². The number of pyridine rings is 1. The molecule has 1 aromatic heterocycles. The average molecular weight is 334 g/mol. The number of phosphoric acid groups is 1. The van der Waals surface area contributed by atoms with Crippen molar-refractivity contribution in [3.63, 3.8) is 0 Å². The Morgan fingerprint density at radius 2 is 2.18 bits per heavy atom. The maximum atomic E-state index is 11.1. The van der Waals surface area contributed by atoms with Crippen molar-refractivity contribution in [2.45, 2.75) is 24.5 Å². The third kappa shape index (κ3) is 3.87. The van der Waals surface area contributed by atoms with Crippen LogP contribution in [0.5, 0.6) is 0 Å². The van der Waals surface area contributed by atoms with E-state index in [4.69, 9.17) is 15.4 Å². The van der Waals surface area contributed by atoms with Gasteiger partial charge in [-0.2, -0.15) is 4.57 Å². The second-order valence-electron chi connectivity index (χ2n) is 4.71. The van der Waals surface area contributed by atoms with Gasteiger partial charge in [0.05, 0.1) is 6.61 Å². The van der Waals surface area contributed by atoms with Crippen molar-refractivity contribution in [1.82, 2.24) is 0 Å². The van der Waals surface area contributed by atoms with Crippen molar-refractivity contribution in [2.75, 3.05) is 6.61 Å². The first-order chi connectivity index (χ1) is 10.2. The van der Waals surface area contributed by atoms with Crippen LogP contribution >= 0.6 is 7.82 Å². The van der Waals surface area contributed by atoms with Crippen LogP contribution in [0.15, 0.2) is 24.5 Å². The van der Waals surface area contributed by atoms with Crippen molar-refractivity contribution < 1.29 is 43.2 Å². The minimum absolute atomic E-state index is 0.159. The van der Waals surface area contributed by atoms with E-state index < -0.39 is 44.9 Å². The van der Waals surface area contributed by atoms with E-state index in [1.165, 1.54) is 29.1 Å². The number of ether oxygens (including phenoxy) is 1. The highest BCUT2D eigenvalue weighted by Crippen LogP contribution is 2.33. The maximum absolute atomic E-state index is 11.1. The van der Waals surface area contributed by atoms with Crippen molar-refractivity contribution >= 4 is 13.7 Å². The summed E-state index contributed by atoms with van der Waals surface area (Å²) < 4.78 is 21.3. The molecule has 4 unspecified atom stereocenters. The summed E-state index contributed by atoms with van der Waals surface area (Å²) >= 11 is 0. The number of aliphatic hydroxyl groups is 2. The predicted octanol–water partition coefficient (Wildman–Crippen LogP) is -2.83. The quantitative estimate of drug-likeness (QED) is 0.330. The van der Waals surface area contributed by atoms with E-state index >= 15 is 0 Å². The van der Waals surface area contributed by atoms with Gasteiger partial charge in [0.15, 0.2) is 18.5 Å². The molecule has 2 rings (SSSR count). The highest BCUT2D eigenvalue weighted by molar-refractivity contribution is 7.44. The van der Waals surface area contributed by atoms with Crippen LogP contribution in [-0.4, -0.2) is 45.9 Å². The molecule has 5 N–H and O–H groups in total. The molecule has 5 atom stereocenters. The third-order valence-electron chi connectivity index (χ3n) is 3.14. The molecule has 0 spiro atoms. The molecule has 1 fully saturated rings. The number of rotatable bonds is 5. The Labute approximate surface area is 124 Å². The summed E-state index contributed by atoms with van der Waals surface area (Å²) in [6.45, 7) is -0.665. The van der Waals surface area contributed by atoms with Gasteiger partial charge in [0.1, 0.15) is 17.8 Å². The van der Waals surface area contributed by atoms with E-state index in [0.29, 0.717) is 0 Å². The van der Waals surface area contributed by atoms with Gasteiger partial charge < -0.3 is 35.0 Å². The SMILES string of the molecule is NC(=O)c1ccc[n+](C2OC(COP(=O)([O-])O)[C@H](O)C2O)c1. The van der Waals surface area contributed by atoms with Gasteiger partial charge in [-0.25, -0.2) is 0 Å². The number of aliphatic hydroxyl groups excluding tert-OH is 2. The first-order valence-corrected chi connectivity index (χ1v) is 7.69. The van der Waals surface area contributed by atoms with E-state index in [0.717, 1.165) is 0 Å². The highest BCUT2D eigenvalue weighted by Gasteiger charge is 2.48. The highest BCUT2D eigenvalue weighted by atomic mass is 31.2. The number of amides is 1. The Morgan fingerprint density at radius 3 is 2.77 bits per heavy atom. The molecular weight excluding hydrogens is 319 g/mol. The number of hydrogen-bond donors (Lipinski definition) is 4. The monoisotopic (exact) mass is 334 g/mol. The average Bonchev–Trinajstić information content (AvgIpc) is 2.72. The van der Waals surface area contributed by atoms with Gasteiger partial charge in [-0.05, 0) is 6.07 Å². The number of primary amides is 1. The number of nitrogens with two attached hydrogens (primary N) is 1. The van der Waals surface area contributed by atoms with Gasteiger partial charge in [-0.3, -0.25) is 9.36 Å². The Balaban J connectivity index is 2.14. The zero-order valence-electron chi connectivity index (χ0n) is 11.2. The molecule has 22 heavy (non-hydrogen) atoms. The lowest BCUT2D eigenvalue weighted by Gasteiger charge is -2.19. The molecule has 0 bridgehead atoms.